The second-order valence-corrected chi connectivity index (χ2v) is 10.9. The molecule has 1 aliphatic heterocycles. The summed E-state index contributed by atoms with van der Waals surface area (Å²) in [7, 11) is -1.96. The van der Waals surface area contributed by atoms with Gasteiger partial charge in [-0.05, 0) is 37.5 Å². The predicted molar refractivity (Wildman–Crippen MR) is 113 cm³/mol. The zero-order valence-corrected chi connectivity index (χ0v) is 19.3. The third-order valence-electron chi connectivity index (χ3n) is 6.98. The Hall–Kier alpha value is 0.0700. The maximum Gasteiger partial charge on any atom is 0.268 e. The highest BCUT2D eigenvalue weighted by Crippen LogP contribution is 2.40. The van der Waals surface area contributed by atoms with Crippen molar-refractivity contribution in [1.29, 1.82) is 0 Å². The Bertz CT molecular complexity index is 459. The normalized spacial score (nSPS) is 27.4. The lowest BCUT2D eigenvalue weighted by Gasteiger charge is -2.38. The first-order valence-corrected chi connectivity index (χ1v) is 13.3. The van der Waals surface area contributed by atoms with Crippen LogP contribution in [-0.2, 0) is 13.6 Å². The highest BCUT2D eigenvalue weighted by atomic mass is 31.2. The Morgan fingerprint density at radius 1 is 0.893 bits per heavy atom. The average molecular weight is 418 g/mol. The van der Waals surface area contributed by atoms with Gasteiger partial charge in [0.2, 0.25) is 0 Å². The van der Waals surface area contributed by atoms with Crippen molar-refractivity contribution in [3.8, 4) is 0 Å². The molecule has 0 spiro atoms. The molecule has 1 aliphatic carbocycles. The first-order chi connectivity index (χ1) is 13.4. The molecule has 166 valence electrons. The number of hydrogen-bond acceptors (Lipinski definition) is 4. The van der Waals surface area contributed by atoms with Gasteiger partial charge in [0.25, 0.3) is 7.82 Å². The van der Waals surface area contributed by atoms with E-state index in [4.69, 9.17) is 9.05 Å². The van der Waals surface area contributed by atoms with Crippen molar-refractivity contribution in [1.82, 2.24) is 0 Å². The summed E-state index contributed by atoms with van der Waals surface area (Å²) < 4.78 is 23.2. The monoisotopic (exact) mass is 417 g/mol. The fraction of sp³-hybridized carbons (Fsp3) is 1.00. The maximum atomic E-state index is 12.0. The van der Waals surface area contributed by atoms with Gasteiger partial charge in [0.15, 0.2) is 0 Å². The maximum absolute atomic E-state index is 12.0. The molecule has 28 heavy (non-hydrogen) atoms. The predicted octanol–water partition coefficient (Wildman–Crippen LogP) is 5.29. The van der Waals surface area contributed by atoms with Crippen LogP contribution in [0.5, 0.6) is 0 Å². The summed E-state index contributed by atoms with van der Waals surface area (Å²) in [4.78, 5) is 12.0. The van der Waals surface area contributed by atoms with E-state index in [1.165, 1.54) is 77.0 Å². The van der Waals surface area contributed by atoms with Crippen LogP contribution in [0.1, 0.15) is 90.4 Å². The Morgan fingerprint density at radius 3 is 2.14 bits per heavy atom. The minimum atomic E-state index is -4.15. The number of nitrogens with zero attached hydrogens (tertiary/aromatic N) is 1. The van der Waals surface area contributed by atoms with Gasteiger partial charge in [0.05, 0.1) is 26.7 Å². The van der Waals surface area contributed by atoms with Gasteiger partial charge < -0.3 is 18.4 Å². The fourth-order valence-electron chi connectivity index (χ4n) is 4.91. The fourth-order valence-corrected chi connectivity index (χ4v) is 5.62. The summed E-state index contributed by atoms with van der Waals surface area (Å²) in [5.41, 5.74) is 0. The van der Waals surface area contributed by atoms with Gasteiger partial charge in [-0.25, -0.2) is 0 Å². The van der Waals surface area contributed by atoms with Crippen molar-refractivity contribution in [2.45, 2.75) is 90.4 Å². The number of piperidine rings is 1. The highest BCUT2D eigenvalue weighted by Gasteiger charge is 2.25. The molecule has 0 N–H and O–H groups in total. The Kier molecular flexibility index (Phi) is 11.0. The van der Waals surface area contributed by atoms with Crippen LogP contribution in [0.4, 0.5) is 0 Å². The number of phosphoric ester groups is 1. The van der Waals surface area contributed by atoms with Gasteiger partial charge >= 0.3 is 0 Å². The molecule has 6 heteroatoms. The van der Waals surface area contributed by atoms with Gasteiger partial charge in [-0.3, -0.25) is 4.57 Å². The van der Waals surface area contributed by atoms with Crippen LogP contribution >= 0.6 is 7.82 Å². The van der Waals surface area contributed by atoms with Crippen LogP contribution in [-0.4, -0.2) is 44.4 Å². The van der Waals surface area contributed by atoms with E-state index >= 15 is 0 Å². The Labute approximate surface area is 173 Å². The van der Waals surface area contributed by atoms with E-state index in [-0.39, 0.29) is 13.2 Å². The van der Waals surface area contributed by atoms with Crippen LogP contribution in [0.2, 0.25) is 0 Å². The van der Waals surface area contributed by atoms with Crippen molar-refractivity contribution in [3.63, 3.8) is 0 Å². The smallest absolute Gasteiger partial charge is 0.268 e. The zero-order chi connectivity index (χ0) is 20.3. The summed E-state index contributed by atoms with van der Waals surface area (Å²) >= 11 is 0. The van der Waals surface area contributed by atoms with Gasteiger partial charge in [-0.15, -0.1) is 0 Å². The summed E-state index contributed by atoms with van der Waals surface area (Å²) in [6.07, 6.45) is 16.4. The summed E-state index contributed by atoms with van der Waals surface area (Å²) in [5.74, 6) is 1.51. The number of likely N-dealkylation sites (tertiary alicyclic amines) is 1. The molecular formula is C22H44NO4P. The largest absolute Gasteiger partial charge is 0.756 e. The lowest BCUT2D eigenvalue weighted by atomic mass is 9.78. The number of phosphoric acid groups is 1. The van der Waals surface area contributed by atoms with Gasteiger partial charge in [-0.2, -0.15) is 0 Å². The van der Waals surface area contributed by atoms with Crippen molar-refractivity contribution >= 4 is 7.82 Å². The van der Waals surface area contributed by atoms with Gasteiger partial charge in [0.1, 0.15) is 13.2 Å². The molecule has 1 saturated heterocycles. The molecule has 0 aromatic carbocycles. The topological polar surface area (TPSA) is 58.6 Å². The molecule has 1 unspecified atom stereocenters. The molecule has 1 atom stereocenters. The first-order valence-electron chi connectivity index (χ1n) is 11.9. The summed E-state index contributed by atoms with van der Waals surface area (Å²) in [5, 5.41) is 0. The standard InChI is InChI=1S/C22H44NO4P/c1-3-4-5-7-10-21-11-13-22(14-12-21)15-19-26-28(24,25)27-20-18-23(2)16-8-6-9-17-23/h21-22H,3-20H2,1-2H3. The van der Waals surface area contributed by atoms with E-state index in [1.54, 1.807) is 0 Å². The molecule has 2 rings (SSSR count). The molecule has 0 amide bonds. The average Bonchev–Trinajstić information content (AvgIpc) is 2.66. The molecule has 0 bridgehead atoms. The molecule has 0 aromatic rings. The van der Waals surface area contributed by atoms with Crippen molar-refractivity contribution in [3.05, 3.63) is 0 Å². The van der Waals surface area contributed by atoms with Crippen molar-refractivity contribution < 1.29 is 23.0 Å². The molecule has 5 nitrogen and oxygen atoms in total. The number of likely N-dealkylation sites (N-methyl/N-ethyl adjacent to an activating group) is 1. The van der Waals surface area contributed by atoms with E-state index in [0.29, 0.717) is 5.92 Å². The van der Waals surface area contributed by atoms with E-state index in [9.17, 15) is 9.46 Å². The van der Waals surface area contributed by atoms with Crippen LogP contribution in [0, 0.1) is 11.8 Å². The van der Waals surface area contributed by atoms with E-state index in [0.717, 1.165) is 36.5 Å². The Morgan fingerprint density at radius 2 is 1.50 bits per heavy atom. The van der Waals surface area contributed by atoms with E-state index in [2.05, 4.69) is 14.0 Å². The minimum absolute atomic E-state index is 0.237. The molecule has 2 aliphatic rings. The lowest BCUT2D eigenvalue weighted by Crippen LogP contribution is -2.49. The SMILES string of the molecule is CCCCCCC1CCC(CCOP(=O)([O-])OCC[N+]2(C)CCCCC2)CC1. The molecule has 0 radical (unpaired) electrons. The second-order valence-electron chi connectivity index (χ2n) is 9.49. The van der Waals surface area contributed by atoms with Crippen LogP contribution in [0.3, 0.4) is 0 Å². The van der Waals surface area contributed by atoms with Crippen LogP contribution < -0.4 is 4.89 Å². The molecule has 1 saturated carbocycles. The molecular weight excluding hydrogens is 373 g/mol. The number of hydrogen-bond donors (Lipinski definition) is 0. The van der Waals surface area contributed by atoms with Gasteiger partial charge in [0, 0.05) is 0 Å². The van der Waals surface area contributed by atoms with Gasteiger partial charge in [-0.1, -0.05) is 64.7 Å². The number of unbranched alkanes of at least 4 members (excludes halogenated alkanes) is 3. The van der Waals surface area contributed by atoms with Crippen molar-refractivity contribution in [2.24, 2.45) is 11.8 Å². The van der Waals surface area contributed by atoms with E-state index < -0.39 is 7.82 Å². The summed E-state index contributed by atoms with van der Waals surface area (Å²) in [6, 6.07) is 0. The minimum Gasteiger partial charge on any atom is -0.756 e. The Balaban J connectivity index is 1.53. The molecule has 2 fully saturated rings. The lowest BCUT2D eigenvalue weighted by molar-refractivity contribution is -0.914. The number of rotatable bonds is 13. The third-order valence-corrected chi connectivity index (χ3v) is 7.98. The van der Waals surface area contributed by atoms with Crippen LogP contribution in [0.25, 0.3) is 0 Å². The number of quaternary nitrogens is 1. The third kappa shape index (κ3) is 9.71. The molecule has 1 heterocycles. The molecule has 0 aromatic heterocycles. The first kappa shape index (κ1) is 24.3. The second kappa shape index (κ2) is 12.7. The van der Waals surface area contributed by atoms with Crippen LogP contribution in [0.15, 0.2) is 0 Å². The zero-order valence-electron chi connectivity index (χ0n) is 18.4. The van der Waals surface area contributed by atoms with Crippen molar-refractivity contribution in [2.75, 3.05) is 39.9 Å². The highest BCUT2D eigenvalue weighted by molar-refractivity contribution is 7.45. The summed E-state index contributed by atoms with van der Waals surface area (Å²) in [6.45, 7) is 5.76. The van der Waals surface area contributed by atoms with E-state index in [1.807, 2.05) is 0 Å². The quantitative estimate of drug-likeness (QED) is 0.232.